The average molecular weight is 397 g/mol. The highest BCUT2D eigenvalue weighted by atomic mass is 32.2. The Kier molecular flexibility index (Phi) is 5.26. The zero-order valence-electron chi connectivity index (χ0n) is 13.3. The first-order valence-electron chi connectivity index (χ1n) is 7.48. The zero-order chi connectivity index (χ0) is 18.0. The van der Waals surface area contributed by atoms with E-state index in [2.05, 4.69) is 4.72 Å². The topological polar surface area (TPSA) is 89.3 Å². The third-order valence-electron chi connectivity index (χ3n) is 3.70. The second-order valence-corrected chi connectivity index (χ2v) is 9.89. The molecule has 0 spiro atoms. The van der Waals surface area contributed by atoms with Crippen molar-refractivity contribution in [3.05, 3.63) is 63.7 Å². The Labute approximate surface area is 154 Å². The number of nitrogens with zero attached hydrogens (tertiary/aromatic N) is 1. The summed E-state index contributed by atoms with van der Waals surface area (Å²) in [4.78, 5) is 10.2. The van der Waals surface area contributed by atoms with E-state index in [0.29, 0.717) is 15.8 Å². The average Bonchev–Trinajstić information content (AvgIpc) is 3.09. The second kappa shape index (κ2) is 7.27. The van der Waals surface area contributed by atoms with Gasteiger partial charge < -0.3 is 0 Å². The van der Waals surface area contributed by atoms with Gasteiger partial charge in [0.1, 0.15) is 0 Å². The van der Waals surface area contributed by atoms with Gasteiger partial charge in [-0.2, -0.15) is 0 Å². The van der Waals surface area contributed by atoms with Crippen molar-refractivity contribution in [2.75, 3.05) is 16.2 Å². The lowest BCUT2D eigenvalue weighted by molar-refractivity contribution is -0.385. The van der Waals surface area contributed by atoms with Gasteiger partial charge in [-0.05, 0) is 30.2 Å². The number of hydrogen-bond acceptors (Lipinski definition) is 6. The normalized spacial score (nSPS) is 15.2. The van der Waals surface area contributed by atoms with Gasteiger partial charge in [-0.1, -0.05) is 18.2 Å². The third kappa shape index (κ3) is 4.10. The summed E-state index contributed by atoms with van der Waals surface area (Å²) in [7, 11) is -3.91. The molecule has 2 aromatic rings. The van der Waals surface area contributed by atoms with Crippen LogP contribution in [0.4, 0.5) is 11.4 Å². The van der Waals surface area contributed by atoms with Crippen molar-refractivity contribution in [3.8, 4) is 0 Å². The van der Waals surface area contributed by atoms with Crippen molar-refractivity contribution in [2.45, 2.75) is 16.4 Å². The van der Waals surface area contributed by atoms with Crippen molar-refractivity contribution in [1.29, 1.82) is 0 Å². The summed E-state index contributed by atoms with van der Waals surface area (Å²) in [6.07, 6.45) is 0. The van der Waals surface area contributed by atoms with E-state index in [-0.39, 0.29) is 10.6 Å². The molecule has 25 heavy (non-hydrogen) atoms. The van der Waals surface area contributed by atoms with Crippen LogP contribution in [0.5, 0.6) is 0 Å². The summed E-state index contributed by atoms with van der Waals surface area (Å²) >= 11 is 3.67. The molecular weight excluding hydrogens is 380 g/mol. The molecule has 1 N–H and O–H groups in total. The molecular formula is C16H16N2O4S3. The number of nitrogens with one attached hydrogen (secondary N) is 1. The highest BCUT2D eigenvalue weighted by Gasteiger charge is 2.22. The van der Waals surface area contributed by atoms with Crippen LogP contribution in [0, 0.1) is 17.0 Å². The van der Waals surface area contributed by atoms with E-state index in [4.69, 9.17) is 0 Å². The Bertz CT molecular complexity index is 909. The number of nitro groups is 1. The Morgan fingerprint density at radius 2 is 1.88 bits per heavy atom. The molecule has 0 unspecified atom stereocenters. The first kappa shape index (κ1) is 18.1. The highest BCUT2D eigenvalue weighted by molar-refractivity contribution is 8.19. The molecule has 0 bridgehead atoms. The van der Waals surface area contributed by atoms with Gasteiger partial charge in [-0.3, -0.25) is 14.8 Å². The highest BCUT2D eigenvalue weighted by Crippen LogP contribution is 2.45. The van der Waals surface area contributed by atoms with E-state index in [1.54, 1.807) is 13.0 Å². The smallest absolute Gasteiger partial charge is 0.270 e. The first-order valence-corrected chi connectivity index (χ1v) is 11.1. The van der Waals surface area contributed by atoms with Gasteiger partial charge in [0, 0.05) is 29.3 Å². The molecule has 1 aliphatic heterocycles. The molecule has 0 saturated carbocycles. The summed E-state index contributed by atoms with van der Waals surface area (Å²) in [5, 5.41) is 10.9. The van der Waals surface area contributed by atoms with Gasteiger partial charge >= 0.3 is 0 Å². The number of hydrogen-bond donors (Lipinski definition) is 1. The molecule has 0 aromatic heterocycles. The Morgan fingerprint density at radius 1 is 1.16 bits per heavy atom. The van der Waals surface area contributed by atoms with E-state index in [9.17, 15) is 18.5 Å². The predicted molar refractivity (Wildman–Crippen MR) is 103 cm³/mol. The van der Waals surface area contributed by atoms with Crippen LogP contribution in [-0.4, -0.2) is 24.8 Å². The number of anilines is 1. The SMILES string of the molecule is Cc1ccc([N+](=O)[O-])cc1S(=O)(=O)Nc1cccc(C2SCCS2)c1. The quantitative estimate of drug-likeness (QED) is 0.602. The van der Waals surface area contributed by atoms with Crippen LogP contribution < -0.4 is 4.72 Å². The van der Waals surface area contributed by atoms with Gasteiger partial charge in [0.2, 0.25) is 0 Å². The lowest BCUT2D eigenvalue weighted by Crippen LogP contribution is -2.14. The fraction of sp³-hybridized carbons (Fsp3) is 0.250. The number of thioether (sulfide) groups is 2. The number of nitro benzene ring substituents is 1. The predicted octanol–water partition coefficient (Wildman–Crippen LogP) is 4.18. The maximum absolute atomic E-state index is 12.7. The lowest BCUT2D eigenvalue weighted by Gasteiger charge is -2.13. The van der Waals surface area contributed by atoms with Crippen LogP contribution in [0.3, 0.4) is 0 Å². The number of benzene rings is 2. The van der Waals surface area contributed by atoms with Crippen molar-refractivity contribution in [1.82, 2.24) is 0 Å². The van der Waals surface area contributed by atoms with Gasteiger partial charge in [0.25, 0.3) is 15.7 Å². The van der Waals surface area contributed by atoms with Crippen LogP contribution in [0.15, 0.2) is 47.4 Å². The number of aryl methyl sites for hydroxylation is 1. The molecule has 1 saturated heterocycles. The van der Waals surface area contributed by atoms with Crippen molar-refractivity contribution in [3.63, 3.8) is 0 Å². The van der Waals surface area contributed by atoms with Gasteiger partial charge in [0.15, 0.2) is 0 Å². The first-order chi connectivity index (χ1) is 11.9. The number of rotatable bonds is 5. The molecule has 0 radical (unpaired) electrons. The van der Waals surface area contributed by atoms with E-state index >= 15 is 0 Å². The molecule has 0 amide bonds. The van der Waals surface area contributed by atoms with Crippen LogP contribution in [0.1, 0.15) is 15.7 Å². The Balaban J connectivity index is 1.90. The molecule has 1 aliphatic rings. The molecule has 3 rings (SSSR count). The molecule has 0 atom stereocenters. The molecule has 132 valence electrons. The van der Waals surface area contributed by atoms with Crippen LogP contribution >= 0.6 is 23.5 Å². The summed E-state index contributed by atoms with van der Waals surface area (Å²) in [6.45, 7) is 1.61. The van der Waals surface area contributed by atoms with E-state index < -0.39 is 14.9 Å². The molecule has 1 heterocycles. The molecule has 2 aromatic carbocycles. The molecule has 1 fully saturated rings. The van der Waals surface area contributed by atoms with E-state index in [0.717, 1.165) is 23.1 Å². The summed E-state index contributed by atoms with van der Waals surface area (Å²) in [5.41, 5.74) is 1.72. The summed E-state index contributed by atoms with van der Waals surface area (Å²) < 4.78 is 28.2. The Hall–Kier alpha value is -1.71. The van der Waals surface area contributed by atoms with Gasteiger partial charge in [0.05, 0.1) is 14.4 Å². The van der Waals surface area contributed by atoms with E-state index in [1.807, 2.05) is 41.7 Å². The lowest BCUT2D eigenvalue weighted by atomic mass is 10.2. The Morgan fingerprint density at radius 3 is 2.56 bits per heavy atom. The zero-order valence-corrected chi connectivity index (χ0v) is 15.8. The standard InChI is InChI=1S/C16H16N2O4S3/c1-11-5-6-14(18(19)20)10-15(11)25(21,22)17-13-4-2-3-12(9-13)16-23-7-8-24-16/h2-6,9-10,16-17H,7-8H2,1H3. The van der Waals surface area contributed by atoms with Crippen molar-refractivity contribution >= 4 is 44.9 Å². The fourth-order valence-corrected chi connectivity index (χ4v) is 6.65. The maximum atomic E-state index is 12.7. The minimum atomic E-state index is -3.91. The third-order valence-corrected chi connectivity index (χ3v) is 8.33. The minimum Gasteiger partial charge on any atom is -0.280 e. The molecule has 9 heteroatoms. The maximum Gasteiger partial charge on any atom is 0.270 e. The molecule has 0 aliphatic carbocycles. The second-order valence-electron chi connectivity index (χ2n) is 5.51. The van der Waals surface area contributed by atoms with Gasteiger partial charge in [-0.15, -0.1) is 23.5 Å². The molecule has 6 nitrogen and oxygen atoms in total. The number of non-ortho nitro benzene ring substituents is 1. The van der Waals surface area contributed by atoms with E-state index in [1.165, 1.54) is 12.1 Å². The van der Waals surface area contributed by atoms with Crippen molar-refractivity contribution < 1.29 is 13.3 Å². The summed E-state index contributed by atoms with van der Waals surface area (Å²) in [6, 6.07) is 11.1. The van der Waals surface area contributed by atoms with Crippen LogP contribution in [-0.2, 0) is 10.0 Å². The fourth-order valence-electron chi connectivity index (χ4n) is 2.50. The summed E-state index contributed by atoms with van der Waals surface area (Å²) in [5.74, 6) is 2.16. The van der Waals surface area contributed by atoms with Crippen LogP contribution in [0.2, 0.25) is 0 Å². The van der Waals surface area contributed by atoms with Gasteiger partial charge in [-0.25, -0.2) is 8.42 Å². The minimum absolute atomic E-state index is 0.0864. The van der Waals surface area contributed by atoms with Crippen LogP contribution in [0.25, 0.3) is 0 Å². The van der Waals surface area contributed by atoms with Crippen molar-refractivity contribution in [2.24, 2.45) is 0 Å². The number of sulfonamides is 1. The monoisotopic (exact) mass is 396 g/mol. The largest absolute Gasteiger partial charge is 0.280 e.